The van der Waals surface area contributed by atoms with E-state index in [2.05, 4.69) is 22.4 Å². The summed E-state index contributed by atoms with van der Waals surface area (Å²) in [4.78, 5) is 0. The molecule has 1 saturated heterocycles. The molecule has 1 aliphatic rings. The largest absolute Gasteiger partial charge is 0.372 e. The zero-order chi connectivity index (χ0) is 10.7. The molecule has 0 radical (unpaired) electrons. The third-order valence-electron chi connectivity index (χ3n) is 3.10. The van der Waals surface area contributed by atoms with Gasteiger partial charge in [-0.2, -0.15) is 5.10 Å². The third-order valence-corrected chi connectivity index (χ3v) is 3.10. The molecule has 0 aromatic carbocycles. The molecular formula is C11H19N3O. The summed E-state index contributed by atoms with van der Waals surface area (Å²) >= 11 is 0. The summed E-state index contributed by atoms with van der Waals surface area (Å²) in [5.74, 6) is 0. The van der Waals surface area contributed by atoms with E-state index in [-0.39, 0.29) is 6.10 Å². The summed E-state index contributed by atoms with van der Waals surface area (Å²) in [7, 11) is 1.96. The first-order valence-corrected chi connectivity index (χ1v) is 5.65. The van der Waals surface area contributed by atoms with E-state index in [1.807, 2.05) is 13.2 Å². The second-order valence-electron chi connectivity index (χ2n) is 4.10. The molecule has 2 unspecified atom stereocenters. The summed E-state index contributed by atoms with van der Waals surface area (Å²) < 4.78 is 5.76. The molecule has 4 nitrogen and oxygen atoms in total. The van der Waals surface area contributed by atoms with E-state index in [0.717, 1.165) is 18.7 Å². The molecule has 15 heavy (non-hydrogen) atoms. The number of ether oxygens (including phenoxy) is 1. The summed E-state index contributed by atoms with van der Waals surface area (Å²) in [6.45, 7) is 3.01. The van der Waals surface area contributed by atoms with Crippen LogP contribution in [0.3, 0.4) is 0 Å². The summed E-state index contributed by atoms with van der Waals surface area (Å²) in [5, 5.41) is 10.4. The first-order valence-electron chi connectivity index (χ1n) is 5.65. The SMILES string of the molecule is CNC(C)c1cn[nH]c1C1CCCCO1. The van der Waals surface area contributed by atoms with Crippen LogP contribution < -0.4 is 5.32 Å². The molecule has 1 aromatic rings. The first-order chi connectivity index (χ1) is 7.33. The van der Waals surface area contributed by atoms with E-state index in [0.29, 0.717) is 6.04 Å². The van der Waals surface area contributed by atoms with Crippen LogP contribution in [-0.2, 0) is 4.74 Å². The molecular weight excluding hydrogens is 190 g/mol. The van der Waals surface area contributed by atoms with Gasteiger partial charge in [-0.1, -0.05) is 0 Å². The lowest BCUT2D eigenvalue weighted by Gasteiger charge is -2.23. The highest BCUT2D eigenvalue weighted by molar-refractivity contribution is 5.22. The van der Waals surface area contributed by atoms with E-state index in [1.165, 1.54) is 18.4 Å². The van der Waals surface area contributed by atoms with Gasteiger partial charge in [-0.25, -0.2) is 0 Å². The summed E-state index contributed by atoms with van der Waals surface area (Å²) in [6.07, 6.45) is 5.64. The number of aromatic amines is 1. The molecule has 2 heterocycles. The van der Waals surface area contributed by atoms with Crippen molar-refractivity contribution in [3.05, 3.63) is 17.5 Å². The Balaban J connectivity index is 2.15. The molecule has 84 valence electrons. The van der Waals surface area contributed by atoms with Gasteiger partial charge in [-0.3, -0.25) is 5.10 Å². The molecule has 0 amide bonds. The van der Waals surface area contributed by atoms with E-state index in [9.17, 15) is 0 Å². The first kappa shape index (κ1) is 10.6. The number of aromatic nitrogens is 2. The minimum atomic E-state index is 0.215. The van der Waals surface area contributed by atoms with Crippen molar-refractivity contribution in [3.8, 4) is 0 Å². The molecule has 2 atom stereocenters. The van der Waals surface area contributed by atoms with Crippen LogP contribution >= 0.6 is 0 Å². The van der Waals surface area contributed by atoms with Crippen molar-refractivity contribution in [2.75, 3.05) is 13.7 Å². The van der Waals surface area contributed by atoms with E-state index in [4.69, 9.17) is 4.74 Å². The van der Waals surface area contributed by atoms with Crippen LogP contribution in [0.1, 0.15) is 49.6 Å². The zero-order valence-electron chi connectivity index (χ0n) is 9.42. The van der Waals surface area contributed by atoms with Crippen LogP contribution in [0.5, 0.6) is 0 Å². The predicted octanol–water partition coefficient (Wildman–Crippen LogP) is 1.93. The van der Waals surface area contributed by atoms with Gasteiger partial charge in [0, 0.05) is 18.2 Å². The highest BCUT2D eigenvalue weighted by Gasteiger charge is 2.22. The Morgan fingerprint density at radius 2 is 2.47 bits per heavy atom. The van der Waals surface area contributed by atoms with Crippen molar-refractivity contribution in [2.24, 2.45) is 0 Å². The van der Waals surface area contributed by atoms with Gasteiger partial charge in [-0.15, -0.1) is 0 Å². The number of nitrogens with one attached hydrogen (secondary N) is 2. The van der Waals surface area contributed by atoms with E-state index in [1.54, 1.807) is 0 Å². The Kier molecular flexibility index (Phi) is 3.38. The van der Waals surface area contributed by atoms with Crippen LogP contribution in [0, 0.1) is 0 Å². The maximum Gasteiger partial charge on any atom is 0.0992 e. The second-order valence-corrected chi connectivity index (χ2v) is 4.10. The Bertz CT molecular complexity index is 305. The molecule has 0 bridgehead atoms. The maximum absolute atomic E-state index is 5.76. The lowest BCUT2D eigenvalue weighted by molar-refractivity contribution is 0.0115. The van der Waals surface area contributed by atoms with Gasteiger partial charge >= 0.3 is 0 Å². The highest BCUT2D eigenvalue weighted by Crippen LogP contribution is 2.30. The van der Waals surface area contributed by atoms with Crippen molar-refractivity contribution >= 4 is 0 Å². The van der Waals surface area contributed by atoms with Crippen molar-refractivity contribution in [3.63, 3.8) is 0 Å². The fourth-order valence-electron chi connectivity index (χ4n) is 2.03. The predicted molar refractivity (Wildman–Crippen MR) is 58.6 cm³/mol. The van der Waals surface area contributed by atoms with Gasteiger partial charge < -0.3 is 10.1 Å². The third kappa shape index (κ3) is 2.21. The molecule has 0 aliphatic carbocycles. The monoisotopic (exact) mass is 209 g/mol. The van der Waals surface area contributed by atoms with Gasteiger partial charge in [0.15, 0.2) is 0 Å². The van der Waals surface area contributed by atoms with Crippen LogP contribution in [0.15, 0.2) is 6.20 Å². The smallest absolute Gasteiger partial charge is 0.0992 e. The van der Waals surface area contributed by atoms with Crippen molar-refractivity contribution < 1.29 is 4.74 Å². The fraction of sp³-hybridized carbons (Fsp3) is 0.727. The molecule has 2 rings (SSSR count). The molecule has 1 fully saturated rings. The average molecular weight is 209 g/mol. The Labute approximate surface area is 90.4 Å². The van der Waals surface area contributed by atoms with Crippen LogP contribution in [0.25, 0.3) is 0 Å². The lowest BCUT2D eigenvalue weighted by atomic mass is 10.0. The quantitative estimate of drug-likeness (QED) is 0.799. The van der Waals surface area contributed by atoms with Gasteiger partial charge in [-0.05, 0) is 33.2 Å². The minimum Gasteiger partial charge on any atom is -0.372 e. The van der Waals surface area contributed by atoms with Gasteiger partial charge in [0.05, 0.1) is 18.0 Å². The van der Waals surface area contributed by atoms with Crippen LogP contribution in [0.2, 0.25) is 0 Å². The van der Waals surface area contributed by atoms with Crippen molar-refractivity contribution in [1.29, 1.82) is 0 Å². The number of hydrogen-bond acceptors (Lipinski definition) is 3. The minimum absolute atomic E-state index is 0.215. The van der Waals surface area contributed by atoms with Gasteiger partial charge in [0.25, 0.3) is 0 Å². The standard InChI is InChI=1S/C11H19N3O/c1-8(12-2)9-7-13-14-11(9)10-5-3-4-6-15-10/h7-8,10,12H,3-6H2,1-2H3,(H,13,14). The summed E-state index contributed by atoms with van der Waals surface area (Å²) in [6, 6.07) is 0.323. The van der Waals surface area contributed by atoms with Crippen molar-refractivity contribution in [1.82, 2.24) is 15.5 Å². The Hall–Kier alpha value is -0.870. The van der Waals surface area contributed by atoms with Gasteiger partial charge in [0.1, 0.15) is 0 Å². The number of hydrogen-bond donors (Lipinski definition) is 2. The molecule has 1 aromatic heterocycles. The maximum atomic E-state index is 5.76. The number of H-pyrrole nitrogens is 1. The lowest BCUT2D eigenvalue weighted by Crippen LogP contribution is -2.18. The molecule has 2 N–H and O–H groups in total. The molecule has 0 spiro atoms. The van der Waals surface area contributed by atoms with Gasteiger partial charge in [0.2, 0.25) is 0 Å². The topological polar surface area (TPSA) is 49.9 Å². The molecule has 4 heteroatoms. The zero-order valence-corrected chi connectivity index (χ0v) is 9.42. The second kappa shape index (κ2) is 4.77. The van der Waals surface area contributed by atoms with Crippen LogP contribution in [0.4, 0.5) is 0 Å². The number of rotatable bonds is 3. The normalized spacial score (nSPS) is 24.0. The molecule has 0 saturated carbocycles. The molecule has 1 aliphatic heterocycles. The van der Waals surface area contributed by atoms with Crippen LogP contribution in [-0.4, -0.2) is 23.9 Å². The van der Waals surface area contributed by atoms with E-state index >= 15 is 0 Å². The Morgan fingerprint density at radius 1 is 1.60 bits per heavy atom. The highest BCUT2D eigenvalue weighted by atomic mass is 16.5. The fourth-order valence-corrected chi connectivity index (χ4v) is 2.03. The number of nitrogens with zero attached hydrogens (tertiary/aromatic N) is 1. The van der Waals surface area contributed by atoms with E-state index < -0.39 is 0 Å². The van der Waals surface area contributed by atoms with Crippen molar-refractivity contribution in [2.45, 2.75) is 38.3 Å². The average Bonchev–Trinajstić information content (AvgIpc) is 2.78. The summed E-state index contributed by atoms with van der Waals surface area (Å²) in [5.41, 5.74) is 2.38. The Morgan fingerprint density at radius 3 is 3.13 bits per heavy atom.